The summed E-state index contributed by atoms with van der Waals surface area (Å²) in [5.41, 5.74) is -0.594. The van der Waals surface area contributed by atoms with Crippen molar-refractivity contribution in [3.8, 4) is 11.3 Å². The molecule has 0 spiro atoms. The van der Waals surface area contributed by atoms with E-state index in [9.17, 15) is 23.9 Å². The van der Waals surface area contributed by atoms with E-state index in [0.29, 0.717) is 31.0 Å². The van der Waals surface area contributed by atoms with Crippen molar-refractivity contribution < 1.29 is 23.8 Å². The van der Waals surface area contributed by atoms with Gasteiger partial charge in [0.1, 0.15) is 11.6 Å². The molecule has 3 rings (SSSR count). The van der Waals surface area contributed by atoms with Crippen LogP contribution in [0.25, 0.3) is 11.3 Å². The van der Waals surface area contributed by atoms with Gasteiger partial charge in [-0.1, -0.05) is 20.8 Å². The average molecular weight is 460 g/mol. The van der Waals surface area contributed by atoms with E-state index >= 15 is 0 Å². The van der Waals surface area contributed by atoms with E-state index in [0.717, 1.165) is 0 Å². The molecule has 2 N–H and O–H groups in total. The molecule has 1 aromatic heterocycles. The third-order valence-electron chi connectivity index (χ3n) is 5.81. The zero-order valence-corrected chi connectivity index (χ0v) is 19.4. The molecule has 0 radical (unpaired) electrons. The Morgan fingerprint density at radius 3 is 2.52 bits per heavy atom. The number of hydrogen-bond acceptors (Lipinski definition) is 6. The van der Waals surface area contributed by atoms with Gasteiger partial charge in [-0.05, 0) is 31.5 Å². The number of aliphatic hydroxyl groups is 1. The van der Waals surface area contributed by atoms with Gasteiger partial charge in [-0.25, -0.2) is 9.37 Å². The van der Waals surface area contributed by atoms with E-state index in [-0.39, 0.29) is 48.1 Å². The normalized spacial score (nSPS) is 15.1. The molecule has 0 atom stereocenters. The number of ether oxygens (including phenoxy) is 1. The first-order chi connectivity index (χ1) is 15.4. The molecule has 1 saturated heterocycles. The molecule has 33 heavy (non-hydrogen) atoms. The predicted molar refractivity (Wildman–Crippen MR) is 121 cm³/mol. The van der Waals surface area contributed by atoms with Gasteiger partial charge >= 0.3 is 0 Å². The fourth-order valence-electron chi connectivity index (χ4n) is 3.47. The molecular weight excluding hydrogens is 429 g/mol. The van der Waals surface area contributed by atoms with Crippen LogP contribution in [0.3, 0.4) is 0 Å². The largest absolute Gasteiger partial charge is 0.396 e. The first-order valence-corrected chi connectivity index (χ1v) is 10.8. The average Bonchev–Trinajstić information content (AvgIpc) is 2.69. The SMILES string of the molecule is Cc1nc(-c2ccc(F)cc2NC(=O)C(C)(C)C)cc(=O)n1CC(=O)CCC1(CO)COC1. The van der Waals surface area contributed by atoms with E-state index in [1.165, 1.54) is 28.8 Å². The molecule has 1 fully saturated rings. The lowest BCUT2D eigenvalue weighted by Gasteiger charge is -2.39. The van der Waals surface area contributed by atoms with Gasteiger partial charge < -0.3 is 15.2 Å². The molecule has 0 aliphatic carbocycles. The van der Waals surface area contributed by atoms with Crippen LogP contribution in [-0.2, 0) is 20.9 Å². The van der Waals surface area contributed by atoms with Crippen molar-refractivity contribution in [2.75, 3.05) is 25.1 Å². The number of ketones is 1. The van der Waals surface area contributed by atoms with Gasteiger partial charge in [-0.2, -0.15) is 0 Å². The maximum Gasteiger partial charge on any atom is 0.254 e. The lowest BCUT2D eigenvalue weighted by Crippen LogP contribution is -2.46. The maximum atomic E-state index is 13.9. The van der Waals surface area contributed by atoms with Crippen LogP contribution in [0.4, 0.5) is 10.1 Å². The summed E-state index contributed by atoms with van der Waals surface area (Å²) in [4.78, 5) is 42.2. The number of anilines is 1. The van der Waals surface area contributed by atoms with Gasteiger partial charge in [-0.15, -0.1) is 0 Å². The minimum atomic E-state index is -0.698. The number of nitrogens with zero attached hydrogens (tertiary/aromatic N) is 2. The summed E-state index contributed by atoms with van der Waals surface area (Å²) in [6.45, 7) is 7.52. The van der Waals surface area contributed by atoms with Crippen molar-refractivity contribution in [3.05, 3.63) is 46.3 Å². The highest BCUT2D eigenvalue weighted by Crippen LogP contribution is 2.32. The quantitative estimate of drug-likeness (QED) is 0.628. The second kappa shape index (κ2) is 9.52. The number of aromatic nitrogens is 2. The number of rotatable bonds is 8. The fraction of sp³-hybridized carbons (Fsp3) is 0.500. The highest BCUT2D eigenvalue weighted by Gasteiger charge is 2.38. The Morgan fingerprint density at radius 2 is 1.97 bits per heavy atom. The third-order valence-corrected chi connectivity index (χ3v) is 5.81. The summed E-state index contributed by atoms with van der Waals surface area (Å²) in [5, 5.41) is 12.2. The van der Waals surface area contributed by atoms with Crippen molar-refractivity contribution >= 4 is 17.4 Å². The van der Waals surface area contributed by atoms with Crippen LogP contribution < -0.4 is 10.9 Å². The van der Waals surface area contributed by atoms with E-state index in [4.69, 9.17) is 4.74 Å². The molecule has 1 aliphatic heterocycles. The number of hydrogen-bond donors (Lipinski definition) is 2. The second-order valence-electron chi connectivity index (χ2n) is 9.70. The first kappa shape index (κ1) is 24.7. The third kappa shape index (κ3) is 5.72. The molecule has 0 saturated carbocycles. The van der Waals surface area contributed by atoms with E-state index in [1.807, 2.05) is 0 Å². The number of aliphatic hydroxyl groups excluding tert-OH is 1. The van der Waals surface area contributed by atoms with E-state index < -0.39 is 16.8 Å². The molecule has 0 unspecified atom stereocenters. The number of benzene rings is 1. The summed E-state index contributed by atoms with van der Waals surface area (Å²) >= 11 is 0. The fourth-order valence-corrected chi connectivity index (χ4v) is 3.47. The van der Waals surface area contributed by atoms with E-state index in [1.54, 1.807) is 27.7 Å². The molecule has 2 heterocycles. The second-order valence-corrected chi connectivity index (χ2v) is 9.70. The van der Waals surface area contributed by atoms with Crippen LogP contribution in [0.2, 0.25) is 0 Å². The van der Waals surface area contributed by atoms with Gasteiger partial charge in [0.15, 0.2) is 5.78 Å². The topological polar surface area (TPSA) is 111 Å². The Labute approximate surface area is 191 Å². The summed E-state index contributed by atoms with van der Waals surface area (Å²) in [5.74, 6) is -0.653. The Morgan fingerprint density at radius 1 is 1.27 bits per heavy atom. The molecule has 1 aliphatic rings. The summed E-state index contributed by atoms with van der Waals surface area (Å²) in [6, 6.07) is 5.15. The van der Waals surface area contributed by atoms with Gasteiger partial charge in [0, 0.05) is 28.9 Å². The lowest BCUT2D eigenvalue weighted by atomic mass is 9.81. The number of carbonyl (C=O) groups is 2. The van der Waals surface area contributed by atoms with Crippen LogP contribution in [-0.4, -0.2) is 46.2 Å². The zero-order chi connectivity index (χ0) is 24.4. The Kier molecular flexibility index (Phi) is 7.14. The van der Waals surface area contributed by atoms with Crippen molar-refractivity contribution in [1.82, 2.24) is 9.55 Å². The molecule has 1 amide bonds. The van der Waals surface area contributed by atoms with Crippen molar-refractivity contribution in [1.29, 1.82) is 0 Å². The maximum absolute atomic E-state index is 13.9. The zero-order valence-electron chi connectivity index (χ0n) is 19.4. The van der Waals surface area contributed by atoms with Crippen molar-refractivity contribution in [2.45, 2.75) is 47.1 Å². The highest BCUT2D eigenvalue weighted by molar-refractivity contribution is 5.98. The molecular formula is C24H30FN3O5. The number of Topliss-reactive ketones (excluding diaryl/α,β-unsaturated/α-hetero) is 1. The molecule has 178 valence electrons. The molecule has 0 bridgehead atoms. The Bertz CT molecular complexity index is 1110. The summed E-state index contributed by atoms with van der Waals surface area (Å²) in [6.07, 6.45) is 0.715. The summed E-state index contributed by atoms with van der Waals surface area (Å²) < 4.78 is 20.3. The van der Waals surface area contributed by atoms with Gasteiger partial charge in [0.2, 0.25) is 5.91 Å². The Balaban J connectivity index is 1.82. The Hall–Kier alpha value is -2.91. The smallest absolute Gasteiger partial charge is 0.254 e. The first-order valence-electron chi connectivity index (χ1n) is 10.8. The monoisotopic (exact) mass is 459 g/mol. The van der Waals surface area contributed by atoms with Gasteiger partial charge in [0.05, 0.1) is 37.7 Å². The van der Waals surface area contributed by atoms with Gasteiger partial charge in [-0.3, -0.25) is 19.0 Å². The standard InChI is InChI=1S/C24H30FN3O5/c1-15-26-20(18-6-5-16(25)9-19(18)27-22(32)23(2,3)4)10-21(31)28(15)11-17(30)7-8-24(12-29)13-33-14-24/h5-6,9-10,29H,7-8,11-14H2,1-4H3,(H,27,32). The molecule has 2 aromatic rings. The number of aryl methyl sites for hydroxylation is 1. The van der Waals surface area contributed by atoms with Crippen molar-refractivity contribution in [2.24, 2.45) is 10.8 Å². The predicted octanol–water partition coefficient (Wildman–Crippen LogP) is 2.70. The lowest BCUT2D eigenvalue weighted by molar-refractivity contribution is -0.145. The van der Waals surface area contributed by atoms with Crippen LogP contribution in [0.1, 0.15) is 39.4 Å². The van der Waals surface area contributed by atoms with Crippen LogP contribution >= 0.6 is 0 Å². The molecule has 1 aromatic carbocycles. The number of halogens is 1. The molecule has 8 nitrogen and oxygen atoms in total. The molecule has 9 heteroatoms. The van der Waals surface area contributed by atoms with Gasteiger partial charge in [0.25, 0.3) is 5.56 Å². The van der Waals surface area contributed by atoms with Crippen LogP contribution in [0, 0.1) is 23.6 Å². The summed E-state index contributed by atoms with van der Waals surface area (Å²) in [7, 11) is 0. The highest BCUT2D eigenvalue weighted by atomic mass is 19.1. The number of nitrogens with one attached hydrogen (secondary N) is 1. The van der Waals surface area contributed by atoms with Crippen LogP contribution in [0.5, 0.6) is 0 Å². The van der Waals surface area contributed by atoms with Crippen LogP contribution in [0.15, 0.2) is 29.1 Å². The minimum absolute atomic E-state index is 0.0404. The minimum Gasteiger partial charge on any atom is -0.396 e. The van der Waals surface area contributed by atoms with Crippen molar-refractivity contribution in [3.63, 3.8) is 0 Å². The number of carbonyl (C=O) groups excluding carboxylic acids is 2. The van der Waals surface area contributed by atoms with E-state index in [2.05, 4.69) is 10.3 Å². The number of amides is 1.